The van der Waals surface area contributed by atoms with Gasteiger partial charge in [0.15, 0.2) is 0 Å². The van der Waals surface area contributed by atoms with Gasteiger partial charge in [-0.3, -0.25) is 4.79 Å². The van der Waals surface area contributed by atoms with Crippen molar-refractivity contribution in [3.8, 4) is 6.07 Å². The van der Waals surface area contributed by atoms with E-state index in [4.69, 9.17) is 10.00 Å². The number of esters is 1. The summed E-state index contributed by atoms with van der Waals surface area (Å²) in [5.41, 5.74) is 2.60. The lowest BCUT2D eigenvalue weighted by Crippen LogP contribution is -2.49. The molecule has 2 heterocycles. The number of rotatable bonds is 2. The van der Waals surface area contributed by atoms with Crippen molar-refractivity contribution in [2.45, 2.75) is 19.0 Å². The van der Waals surface area contributed by atoms with Crippen molar-refractivity contribution in [3.05, 3.63) is 53.1 Å². The number of nitrogens with zero attached hydrogens (tertiary/aromatic N) is 4. The summed E-state index contributed by atoms with van der Waals surface area (Å²) in [6.07, 6.45) is 2.00. The van der Waals surface area contributed by atoms with E-state index >= 15 is 0 Å². The molecular formula is C17H16N4O3. The van der Waals surface area contributed by atoms with E-state index in [1.807, 2.05) is 17.7 Å². The number of aryl methyl sites for hydroxylation is 1. The Labute approximate surface area is 139 Å². The summed E-state index contributed by atoms with van der Waals surface area (Å²) in [6.45, 7) is 0.282. The molecule has 0 N–H and O–H groups in total. The lowest BCUT2D eigenvalue weighted by molar-refractivity contribution is -0.146. The number of amides is 1. The number of carbonyl (C=O) groups is 2. The molecule has 0 spiro atoms. The maximum atomic E-state index is 12.9. The number of benzene rings is 1. The van der Waals surface area contributed by atoms with Crippen molar-refractivity contribution in [1.82, 2.24) is 14.5 Å². The Hall–Kier alpha value is -3.14. The first-order valence-corrected chi connectivity index (χ1v) is 7.43. The number of hydrogen-bond acceptors (Lipinski definition) is 5. The van der Waals surface area contributed by atoms with Crippen LogP contribution >= 0.6 is 0 Å². The Morgan fingerprint density at radius 2 is 2.04 bits per heavy atom. The van der Waals surface area contributed by atoms with E-state index < -0.39 is 12.0 Å². The van der Waals surface area contributed by atoms with E-state index in [0.29, 0.717) is 17.5 Å². The molecule has 1 aliphatic heterocycles. The zero-order valence-corrected chi connectivity index (χ0v) is 13.4. The minimum absolute atomic E-state index is 0.276. The zero-order valence-electron chi connectivity index (χ0n) is 13.4. The summed E-state index contributed by atoms with van der Waals surface area (Å²) in [5, 5.41) is 8.86. The lowest BCUT2D eigenvalue weighted by atomic mass is 10.0. The third-order valence-electron chi connectivity index (χ3n) is 4.22. The van der Waals surface area contributed by atoms with Crippen LogP contribution in [0.4, 0.5) is 0 Å². The fraction of sp³-hybridized carbons (Fsp3) is 0.294. The van der Waals surface area contributed by atoms with Gasteiger partial charge in [-0.05, 0) is 24.3 Å². The average Bonchev–Trinajstić information content (AvgIpc) is 2.99. The van der Waals surface area contributed by atoms with Gasteiger partial charge in [-0.15, -0.1) is 0 Å². The van der Waals surface area contributed by atoms with Crippen LogP contribution in [0.25, 0.3) is 0 Å². The number of nitriles is 1. The highest BCUT2D eigenvalue weighted by atomic mass is 16.5. The second-order valence-corrected chi connectivity index (χ2v) is 5.61. The van der Waals surface area contributed by atoms with Gasteiger partial charge in [0.2, 0.25) is 0 Å². The van der Waals surface area contributed by atoms with Crippen LogP contribution in [-0.4, -0.2) is 39.5 Å². The van der Waals surface area contributed by atoms with Crippen LogP contribution in [-0.2, 0) is 29.5 Å². The molecule has 122 valence electrons. The van der Waals surface area contributed by atoms with Gasteiger partial charge in [0.25, 0.3) is 5.91 Å². The Morgan fingerprint density at radius 1 is 1.33 bits per heavy atom. The van der Waals surface area contributed by atoms with Gasteiger partial charge in [-0.1, -0.05) is 0 Å². The maximum Gasteiger partial charge on any atom is 0.329 e. The summed E-state index contributed by atoms with van der Waals surface area (Å²) in [6, 6.07) is 7.66. The van der Waals surface area contributed by atoms with Crippen molar-refractivity contribution in [2.75, 3.05) is 7.11 Å². The van der Waals surface area contributed by atoms with Crippen molar-refractivity contribution >= 4 is 11.9 Å². The van der Waals surface area contributed by atoms with E-state index in [2.05, 4.69) is 4.98 Å². The van der Waals surface area contributed by atoms with Gasteiger partial charge in [0, 0.05) is 19.0 Å². The quantitative estimate of drug-likeness (QED) is 0.770. The summed E-state index contributed by atoms with van der Waals surface area (Å²) in [5.74, 6) is -0.741. The number of fused-ring (bicyclic) bond motifs is 1. The SMILES string of the molecule is COC(=O)[C@@H]1Cc2ncn(C)c2CN1C(=O)c1ccc(C#N)cc1. The van der Waals surface area contributed by atoms with E-state index in [-0.39, 0.29) is 12.5 Å². The van der Waals surface area contributed by atoms with Gasteiger partial charge < -0.3 is 14.2 Å². The van der Waals surface area contributed by atoms with Crippen LogP contribution in [0.1, 0.15) is 27.3 Å². The molecule has 0 saturated heterocycles. The molecule has 0 bridgehead atoms. The Balaban J connectivity index is 1.95. The van der Waals surface area contributed by atoms with Crippen LogP contribution < -0.4 is 0 Å². The van der Waals surface area contributed by atoms with E-state index in [9.17, 15) is 9.59 Å². The maximum absolute atomic E-state index is 12.9. The Kier molecular flexibility index (Phi) is 4.04. The van der Waals surface area contributed by atoms with Crippen molar-refractivity contribution < 1.29 is 14.3 Å². The van der Waals surface area contributed by atoms with Gasteiger partial charge in [0.05, 0.1) is 43.0 Å². The second-order valence-electron chi connectivity index (χ2n) is 5.61. The molecule has 1 atom stereocenters. The standard InChI is InChI=1S/C17H16N4O3/c1-20-10-19-13-7-14(17(23)24-2)21(9-15(13)20)16(22)12-5-3-11(8-18)4-6-12/h3-6,10,14H,7,9H2,1-2H3/t14-/m0/s1. The first kappa shape index (κ1) is 15.7. The highest BCUT2D eigenvalue weighted by Gasteiger charge is 2.37. The summed E-state index contributed by atoms with van der Waals surface area (Å²) < 4.78 is 6.70. The number of aromatic nitrogens is 2. The predicted octanol–water partition coefficient (Wildman–Crippen LogP) is 1.03. The zero-order chi connectivity index (χ0) is 17.3. The second kappa shape index (κ2) is 6.16. The molecule has 3 rings (SSSR count). The van der Waals surface area contributed by atoms with Gasteiger partial charge in [0.1, 0.15) is 6.04 Å². The molecule has 1 amide bonds. The highest BCUT2D eigenvalue weighted by Crippen LogP contribution is 2.24. The molecule has 7 nitrogen and oxygen atoms in total. The van der Waals surface area contributed by atoms with E-state index in [0.717, 1.165) is 11.4 Å². The molecule has 24 heavy (non-hydrogen) atoms. The third kappa shape index (κ3) is 2.63. The van der Waals surface area contributed by atoms with Crippen molar-refractivity contribution in [2.24, 2.45) is 7.05 Å². The lowest BCUT2D eigenvalue weighted by Gasteiger charge is -2.33. The number of imidazole rings is 1. The first-order valence-electron chi connectivity index (χ1n) is 7.43. The topological polar surface area (TPSA) is 88.2 Å². The minimum atomic E-state index is -0.708. The third-order valence-corrected chi connectivity index (χ3v) is 4.22. The molecule has 0 fully saturated rings. The van der Waals surface area contributed by atoms with Crippen LogP contribution in [0.15, 0.2) is 30.6 Å². The number of ether oxygens (including phenoxy) is 1. The summed E-state index contributed by atoms with van der Waals surface area (Å²) >= 11 is 0. The largest absolute Gasteiger partial charge is 0.467 e. The Bertz CT molecular complexity index is 833. The fourth-order valence-electron chi connectivity index (χ4n) is 2.86. The minimum Gasteiger partial charge on any atom is -0.467 e. The molecular weight excluding hydrogens is 308 g/mol. The molecule has 1 aliphatic rings. The van der Waals surface area contributed by atoms with Crippen LogP contribution in [0.5, 0.6) is 0 Å². The fourth-order valence-corrected chi connectivity index (χ4v) is 2.86. The number of methoxy groups -OCH3 is 1. The number of hydrogen-bond donors (Lipinski definition) is 0. The molecule has 0 saturated carbocycles. The smallest absolute Gasteiger partial charge is 0.329 e. The molecule has 7 heteroatoms. The normalized spacial score (nSPS) is 16.2. The van der Waals surface area contributed by atoms with E-state index in [1.165, 1.54) is 12.0 Å². The molecule has 0 aliphatic carbocycles. The first-order chi connectivity index (χ1) is 11.5. The van der Waals surface area contributed by atoms with Crippen molar-refractivity contribution in [1.29, 1.82) is 5.26 Å². The van der Waals surface area contributed by atoms with Gasteiger partial charge in [-0.2, -0.15) is 5.26 Å². The Morgan fingerprint density at radius 3 is 2.67 bits per heavy atom. The summed E-state index contributed by atoms with van der Waals surface area (Å²) in [4.78, 5) is 30.8. The number of carbonyl (C=O) groups excluding carboxylic acids is 2. The molecule has 2 aromatic rings. The van der Waals surface area contributed by atoms with Crippen LogP contribution in [0.3, 0.4) is 0 Å². The average molecular weight is 324 g/mol. The molecule has 1 aromatic carbocycles. The van der Waals surface area contributed by atoms with Gasteiger partial charge >= 0.3 is 5.97 Å². The molecule has 0 unspecified atom stereocenters. The summed E-state index contributed by atoms with van der Waals surface area (Å²) in [7, 11) is 3.16. The van der Waals surface area contributed by atoms with Crippen LogP contribution in [0, 0.1) is 11.3 Å². The monoisotopic (exact) mass is 324 g/mol. The van der Waals surface area contributed by atoms with Gasteiger partial charge in [-0.25, -0.2) is 9.78 Å². The highest BCUT2D eigenvalue weighted by molar-refractivity contribution is 5.97. The van der Waals surface area contributed by atoms with Crippen LogP contribution in [0.2, 0.25) is 0 Å². The molecule has 1 aromatic heterocycles. The predicted molar refractivity (Wildman–Crippen MR) is 83.7 cm³/mol. The molecule has 0 radical (unpaired) electrons. The van der Waals surface area contributed by atoms with E-state index in [1.54, 1.807) is 30.6 Å². The van der Waals surface area contributed by atoms with Crippen molar-refractivity contribution in [3.63, 3.8) is 0 Å².